The normalized spacial score (nSPS) is 21.9. The topological polar surface area (TPSA) is 44.4 Å². The van der Waals surface area contributed by atoms with Crippen LogP contribution < -0.4 is 10.6 Å². The summed E-state index contributed by atoms with van der Waals surface area (Å²) in [5.41, 5.74) is 0. The first-order valence-electron chi connectivity index (χ1n) is 5.93. The molecule has 0 radical (unpaired) electrons. The van der Waals surface area contributed by atoms with Crippen molar-refractivity contribution in [2.45, 2.75) is 32.2 Å². The molecule has 1 heterocycles. The Balaban J connectivity index is 2.15. The van der Waals surface area contributed by atoms with Gasteiger partial charge in [0.15, 0.2) is 0 Å². The molecular weight excluding hydrogens is 190 g/mol. The molecule has 0 aromatic rings. The zero-order valence-electron chi connectivity index (χ0n) is 9.88. The van der Waals surface area contributed by atoms with Gasteiger partial charge in [-0.1, -0.05) is 6.92 Å². The minimum atomic E-state index is 0.160. The van der Waals surface area contributed by atoms with E-state index in [1.165, 1.54) is 19.4 Å². The largest absolute Gasteiger partial charge is 0.354 e. The van der Waals surface area contributed by atoms with Crippen molar-refractivity contribution in [1.82, 2.24) is 15.5 Å². The monoisotopic (exact) mass is 213 g/mol. The van der Waals surface area contributed by atoms with E-state index in [0.717, 1.165) is 19.6 Å². The highest BCUT2D eigenvalue weighted by atomic mass is 16.1. The summed E-state index contributed by atoms with van der Waals surface area (Å²) in [6.45, 7) is 6.04. The van der Waals surface area contributed by atoms with Gasteiger partial charge in [0.25, 0.3) is 0 Å². The molecule has 0 aliphatic carbocycles. The Morgan fingerprint density at radius 1 is 1.53 bits per heavy atom. The average Bonchev–Trinajstić information content (AvgIpc) is 2.70. The molecular formula is C11H23N3O. The Hall–Kier alpha value is -0.610. The van der Waals surface area contributed by atoms with E-state index in [0.29, 0.717) is 12.5 Å². The molecule has 1 rings (SSSR count). The number of carbonyl (C=O) groups is 1. The minimum Gasteiger partial charge on any atom is -0.354 e. The van der Waals surface area contributed by atoms with Crippen molar-refractivity contribution in [2.75, 3.05) is 33.2 Å². The van der Waals surface area contributed by atoms with E-state index >= 15 is 0 Å². The van der Waals surface area contributed by atoms with Gasteiger partial charge in [-0.2, -0.15) is 0 Å². The van der Waals surface area contributed by atoms with Gasteiger partial charge in [-0.05, 0) is 33.0 Å². The molecule has 0 aromatic carbocycles. The summed E-state index contributed by atoms with van der Waals surface area (Å²) < 4.78 is 0. The van der Waals surface area contributed by atoms with Crippen molar-refractivity contribution < 1.29 is 4.79 Å². The predicted octanol–water partition coefficient (Wildman–Crippen LogP) is 0.196. The molecule has 1 saturated heterocycles. The molecule has 0 saturated carbocycles. The van der Waals surface area contributed by atoms with E-state index in [4.69, 9.17) is 0 Å². The fraction of sp³-hybridized carbons (Fsp3) is 0.909. The predicted molar refractivity (Wildman–Crippen MR) is 61.8 cm³/mol. The van der Waals surface area contributed by atoms with Gasteiger partial charge >= 0.3 is 0 Å². The first-order chi connectivity index (χ1) is 7.27. The van der Waals surface area contributed by atoms with Crippen LogP contribution in [0.15, 0.2) is 0 Å². The summed E-state index contributed by atoms with van der Waals surface area (Å²) in [6.07, 6.45) is 3.07. The molecule has 1 fully saturated rings. The number of nitrogens with one attached hydrogen (secondary N) is 2. The van der Waals surface area contributed by atoms with Crippen LogP contribution >= 0.6 is 0 Å². The van der Waals surface area contributed by atoms with Crippen molar-refractivity contribution in [2.24, 2.45) is 0 Å². The Labute approximate surface area is 92.4 Å². The summed E-state index contributed by atoms with van der Waals surface area (Å²) in [7, 11) is 1.86. The second kappa shape index (κ2) is 6.80. The lowest BCUT2D eigenvalue weighted by molar-refractivity contribution is -0.121. The first-order valence-corrected chi connectivity index (χ1v) is 5.93. The van der Waals surface area contributed by atoms with E-state index in [2.05, 4.69) is 22.5 Å². The summed E-state index contributed by atoms with van der Waals surface area (Å²) in [6, 6.07) is 0.563. The highest BCUT2D eigenvalue weighted by molar-refractivity contribution is 5.76. The maximum absolute atomic E-state index is 11.4. The number of amides is 1. The van der Waals surface area contributed by atoms with E-state index in [1.54, 1.807) is 0 Å². The lowest BCUT2D eigenvalue weighted by atomic mass is 10.2. The molecule has 1 atom stereocenters. The molecule has 4 heteroatoms. The smallest absolute Gasteiger partial charge is 0.221 e. The van der Waals surface area contributed by atoms with Crippen molar-refractivity contribution in [3.63, 3.8) is 0 Å². The van der Waals surface area contributed by atoms with E-state index < -0.39 is 0 Å². The van der Waals surface area contributed by atoms with Gasteiger partial charge in [0.1, 0.15) is 0 Å². The third kappa shape index (κ3) is 4.18. The molecule has 0 spiro atoms. The van der Waals surface area contributed by atoms with Crippen LogP contribution in [0.5, 0.6) is 0 Å². The molecule has 0 aromatic heterocycles. The SMILES string of the molecule is CCN1CCCC1CNC(=O)CCNC. The standard InChI is InChI=1S/C11H23N3O/c1-3-14-8-4-5-10(14)9-13-11(15)6-7-12-2/h10,12H,3-9H2,1-2H3,(H,13,15). The van der Waals surface area contributed by atoms with Crippen LogP contribution in [-0.4, -0.2) is 50.1 Å². The van der Waals surface area contributed by atoms with Gasteiger partial charge in [-0.15, -0.1) is 0 Å². The Kier molecular flexibility index (Phi) is 5.65. The van der Waals surface area contributed by atoms with Crippen molar-refractivity contribution in [3.8, 4) is 0 Å². The number of carbonyl (C=O) groups excluding carboxylic acids is 1. The maximum Gasteiger partial charge on any atom is 0.221 e. The van der Waals surface area contributed by atoms with Gasteiger partial charge in [-0.3, -0.25) is 9.69 Å². The first kappa shape index (κ1) is 12.5. The molecule has 88 valence electrons. The number of likely N-dealkylation sites (tertiary alicyclic amines) is 1. The van der Waals surface area contributed by atoms with Crippen LogP contribution in [0, 0.1) is 0 Å². The maximum atomic E-state index is 11.4. The zero-order chi connectivity index (χ0) is 11.1. The third-order valence-corrected chi connectivity index (χ3v) is 3.04. The lowest BCUT2D eigenvalue weighted by Crippen LogP contribution is -2.40. The van der Waals surface area contributed by atoms with Crippen molar-refractivity contribution in [1.29, 1.82) is 0 Å². The highest BCUT2D eigenvalue weighted by Crippen LogP contribution is 2.15. The Morgan fingerprint density at radius 3 is 3.00 bits per heavy atom. The molecule has 1 unspecified atom stereocenters. The number of rotatable bonds is 6. The molecule has 1 aliphatic heterocycles. The number of hydrogen-bond acceptors (Lipinski definition) is 3. The number of hydrogen-bond donors (Lipinski definition) is 2. The van der Waals surface area contributed by atoms with Crippen LogP contribution in [0.25, 0.3) is 0 Å². The minimum absolute atomic E-state index is 0.160. The van der Waals surface area contributed by atoms with Crippen molar-refractivity contribution in [3.05, 3.63) is 0 Å². The molecule has 4 nitrogen and oxygen atoms in total. The van der Waals surface area contributed by atoms with Crippen LogP contribution in [-0.2, 0) is 4.79 Å². The average molecular weight is 213 g/mol. The number of likely N-dealkylation sites (N-methyl/N-ethyl adjacent to an activating group) is 1. The van der Waals surface area contributed by atoms with Gasteiger partial charge in [0, 0.05) is 25.6 Å². The fourth-order valence-corrected chi connectivity index (χ4v) is 2.10. The quantitative estimate of drug-likeness (QED) is 0.662. The van der Waals surface area contributed by atoms with Crippen LogP contribution in [0.2, 0.25) is 0 Å². The molecule has 1 amide bonds. The van der Waals surface area contributed by atoms with Crippen molar-refractivity contribution >= 4 is 5.91 Å². The molecule has 15 heavy (non-hydrogen) atoms. The summed E-state index contributed by atoms with van der Waals surface area (Å²) in [5, 5.41) is 5.98. The molecule has 0 bridgehead atoms. The molecule has 2 N–H and O–H groups in total. The Bertz CT molecular complexity index is 196. The third-order valence-electron chi connectivity index (χ3n) is 3.04. The number of nitrogens with zero attached hydrogens (tertiary/aromatic N) is 1. The van der Waals surface area contributed by atoms with Crippen LogP contribution in [0.1, 0.15) is 26.2 Å². The van der Waals surface area contributed by atoms with Gasteiger partial charge < -0.3 is 10.6 Å². The fourth-order valence-electron chi connectivity index (χ4n) is 2.10. The molecule has 1 aliphatic rings. The van der Waals surface area contributed by atoms with E-state index in [1.807, 2.05) is 7.05 Å². The van der Waals surface area contributed by atoms with Gasteiger partial charge in [0.2, 0.25) is 5.91 Å². The van der Waals surface area contributed by atoms with Gasteiger partial charge in [0.05, 0.1) is 0 Å². The highest BCUT2D eigenvalue weighted by Gasteiger charge is 2.22. The summed E-state index contributed by atoms with van der Waals surface area (Å²) in [4.78, 5) is 13.8. The lowest BCUT2D eigenvalue weighted by Gasteiger charge is -2.22. The van der Waals surface area contributed by atoms with Crippen LogP contribution in [0.3, 0.4) is 0 Å². The summed E-state index contributed by atoms with van der Waals surface area (Å²) >= 11 is 0. The Morgan fingerprint density at radius 2 is 2.33 bits per heavy atom. The van der Waals surface area contributed by atoms with Gasteiger partial charge in [-0.25, -0.2) is 0 Å². The zero-order valence-corrected chi connectivity index (χ0v) is 9.88. The second-order valence-corrected chi connectivity index (χ2v) is 4.08. The second-order valence-electron chi connectivity index (χ2n) is 4.08. The van der Waals surface area contributed by atoms with E-state index in [9.17, 15) is 4.79 Å². The summed E-state index contributed by atoms with van der Waals surface area (Å²) in [5.74, 6) is 0.160. The van der Waals surface area contributed by atoms with E-state index in [-0.39, 0.29) is 5.91 Å². The van der Waals surface area contributed by atoms with Crippen LogP contribution in [0.4, 0.5) is 0 Å².